The van der Waals surface area contributed by atoms with Crippen LogP contribution in [0.2, 0.25) is 0 Å². The molecular formula is C15H18F3NO4. The maximum atomic E-state index is 12.5. The minimum Gasteiger partial charge on any atom is -0.482 e. The van der Waals surface area contributed by atoms with Gasteiger partial charge in [-0.2, -0.15) is 13.2 Å². The minimum absolute atomic E-state index is 0.115. The Morgan fingerprint density at radius 1 is 1.13 bits per heavy atom. The van der Waals surface area contributed by atoms with E-state index in [1.54, 1.807) is 20.8 Å². The van der Waals surface area contributed by atoms with Gasteiger partial charge in [0.05, 0.1) is 5.56 Å². The molecule has 8 heteroatoms. The van der Waals surface area contributed by atoms with E-state index in [-0.39, 0.29) is 5.75 Å². The van der Waals surface area contributed by atoms with Gasteiger partial charge in [0.15, 0.2) is 13.2 Å². The Kier molecular flexibility index (Phi) is 6.00. The first-order chi connectivity index (χ1) is 10.5. The molecule has 1 aromatic carbocycles. The number of alkyl halides is 3. The molecule has 1 rings (SSSR count). The van der Waals surface area contributed by atoms with Gasteiger partial charge in [-0.1, -0.05) is 6.07 Å². The van der Waals surface area contributed by atoms with Crippen LogP contribution in [0.3, 0.4) is 0 Å². The number of benzene rings is 1. The number of hydrogen-bond acceptors (Lipinski definition) is 4. The molecule has 0 unspecified atom stereocenters. The summed E-state index contributed by atoms with van der Waals surface area (Å²) in [5, 5.41) is 2.59. The number of ether oxygens (including phenoxy) is 2. The molecule has 0 aromatic heterocycles. The van der Waals surface area contributed by atoms with Gasteiger partial charge < -0.3 is 14.8 Å². The van der Waals surface area contributed by atoms with Crippen molar-refractivity contribution in [1.29, 1.82) is 0 Å². The lowest BCUT2D eigenvalue weighted by atomic mass is 10.1. The molecule has 0 heterocycles. The summed E-state index contributed by atoms with van der Waals surface area (Å²) in [6, 6.07) is 4.12. The molecule has 0 fully saturated rings. The average molecular weight is 333 g/mol. The molecule has 23 heavy (non-hydrogen) atoms. The van der Waals surface area contributed by atoms with Crippen LogP contribution in [-0.2, 0) is 20.5 Å². The summed E-state index contributed by atoms with van der Waals surface area (Å²) in [6.07, 6.45) is -4.50. The first kappa shape index (κ1) is 18.8. The summed E-state index contributed by atoms with van der Waals surface area (Å²) in [6.45, 7) is 4.22. The minimum atomic E-state index is -4.50. The van der Waals surface area contributed by atoms with E-state index in [9.17, 15) is 22.8 Å². The highest BCUT2D eigenvalue weighted by Gasteiger charge is 2.30. The molecule has 0 aliphatic heterocycles. The number of nitrogens with one attached hydrogen (secondary N) is 1. The zero-order chi connectivity index (χ0) is 17.7. The van der Waals surface area contributed by atoms with E-state index >= 15 is 0 Å². The van der Waals surface area contributed by atoms with Crippen LogP contribution in [0, 0.1) is 0 Å². The molecule has 1 amide bonds. The predicted octanol–water partition coefficient (Wildman–Crippen LogP) is 2.54. The average Bonchev–Trinajstić information content (AvgIpc) is 2.40. The second kappa shape index (κ2) is 7.34. The Morgan fingerprint density at radius 2 is 1.78 bits per heavy atom. The molecule has 0 saturated carbocycles. The molecule has 0 radical (unpaired) electrons. The first-order valence-corrected chi connectivity index (χ1v) is 6.74. The molecule has 0 aliphatic carbocycles. The monoisotopic (exact) mass is 333 g/mol. The van der Waals surface area contributed by atoms with E-state index in [0.717, 1.165) is 12.1 Å². The number of esters is 1. The Balaban J connectivity index is 2.44. The normalized spacial score (nSPS) is 11.7. The molecule has 0 saturated heterocycles. The van der Waals surface area contributed by atoms with Gasteiger partial charge in [0.1, 0.15) is 5.75 Å². The van der Waals surface area contributed by atoms with Gasteiger partial charge in [-0.15, -0.1) is 0 Å². The van der Waals surface area contributed by atoms with Crippen LogP contribution in [0.1, 0.15) is 26.3 Å². The summed E-state index contributed by atoms with van der Waals surface area (Å²) in [5.41, 5.74) is -1.34. The third-order valence-electron chi connectivity index (χ3n) is 2.40. The highest BCUT2D eigenvalue weighted by molar-refractivity contribution is 5.81. The third kappa shape index (κ3) is 7.53. The van der Waals surface area contributed by atoms with Crippen molar-refractivity contribution in [3.63, 3.8) is 0 Å². The lowest BCUT2D eigenvalue weighted by Gasteiger charge is -2.20. The van der Waals surface area contributed by atoms with Crippen molar-refractivity contribution >= 4 is 11.9 Å². The van der Waals surface area contributed by atoms with Crippen LogP contribution < -0.4 is 10.1 Å². The summed E-state index contributed by atoms with van der Waals surface area (Å²) >= 11 is 0. The van der Waals surface area contributed by atoms with Crippen LogP contribution in [0.15, 0.2) is 24.3 Å². The molecule has 5 nitrogen and oxygen atoms in total. The van der Waals surface area contributed by atoms with Gasteiger partial charge in [0.2, 0.25) is 0 Å². The van der Waals surface area contributed by atoms with E-state index in [2.05, 4.69) is 10.1 Å². The van der Waals surface area contributed by atoms with Crippen molar-refractivity contribution in [2.24, 2.45) is 0 Å². The number of amides is 1. The van der Waals surface area contributed by atoms with Crippen LogP contribution in [0.25, 0.3) is 0 Å². The van der Waals surface area contributed by atoms with Gasteiger partial charge in [-0.25, -0.2) is 4.79 Å². The fraction of sp³-hybridized carbons (Fsp3) is 0.467. The number of carbonyl (C=O) groups excluding carboxylic acids is 2. The van der Waals surface area contributed by atoms with Gasteiger partial charge in [0.25, 0.3) is 5.91 Å². The second-order valence-corrected chi connectivity index (χ2v) is 5.77. The molecule has 1 aromatic rings. The van der Waals surface area contributed by atoms with Crippen LogP contribution in [0.4, 0.5) is 13.2 Å². The van der Waals surface area contributed by atoms with Crippen molar-refractivity contribution in [1.82, 2.24) is 5.32 Å². The van der Waals surface area contributed by atoms with Gasteiger partial charge >= 0.3 is 12.1 Å². The van der Waals surface area contributed by atoms with E-state index in [0.29, 0.717) is 0 Å². The van der Waals surface area contributed by atoms with E-state index in [1.807, 2.05) is 0 Å². The third-order valence-corrected chi connectivity index (χ3v) is 2.40. The van der Waals surface area contributed by atoms with Crippen molar-refractivity contribution in [3.8, 4) is 5.75 Å². The van der Waals surface area contributed by atoms with Crippen molar-refractivity contribution < 1.29 is 32.2 Å². The molecule has 0 spiro atoms. The highest BCUT2D eigenvalue weighted by Crippen LogP contribution is 2.31. The molecule has 1 N–H and O–H groups in total. The van der Waals surface area contributed by atoms with Gasteiger partial charge in [0, 0.05) is 5.54 Å². The standard InChI is InChI=1S/C15H18F3NO4/c1-14(2,3)19-12(20)8-23-13(21)9-22-11-6-4-5-10(7-11)15(16,17)18/h4-7H,8-9H2,1-3H3,(H,19,20). The maximum Gasteiger partial charge on any atom is 0.416 e. The number of halogens is 3. The largest absolute Gasteiger partial charge is 0.482 e. The van der Waals surface area contributed by atoms with Gasteiger partial charge in [-0.05, 0) is 39.0 Å². The smallest absolute Gasteiger partial charge is 0.416 e. The Labute approximate surface area is 131 Å². The van der Waals surface area contributed by atoms with E-state index in [1.165, 1.54) is 12.1 Å². The zero-order valence-electron chi connectivity index (χ0n) is 13.0. The molecular weight excluding hydrogens is 315 g/mol. The topological polar surface area (TPSA) is 64.6 Å². The number of rotatable bonds is 5. The summed E-state index contributed by atoms with van der Waals surface area (Å²) in [5.74, 6) is -1.45. The summed E-state index contributed by atoms with van der Waals surface area (Å²) in [4.78, 5) is 22.9. The van der Waals surface area contributed by atoms with Crippen molar-refractivity contribution in [2.45, 2.75) is 32.5 Å². The molecule has 0 aliphatic rings. The quantitative estimate of drug-likeness (QED) is 0.841. The summed E-state index contributed by atoms with van der Waals surface area (Å²) in [7, 11) is 0. The van der Waals surface area contributed by atoms with E-state index in [4.69, 9.17) is 4.74 Å². The SMILES string of the molecule is CC(C)(C)NC(=O)COC(=O)COc1cccc(C(F)(F)F)c1. The number of hydrogen-bond donors (Lipinski definition) is 1. The van der Waals surface area contributed by atoms with Crippen LogP contribution in [-0.4, -0.2) is 30.6 Å². The summed E-state index contributed by atoms with van der Waals surface area (Å²) < 4.78 is 47.2. The Hall–Kier alpha value is -2.25. The fourth-order valence-electron chi connectivity index (χ4n) is 1.55. The maximum absolute atomic E-state index is 12.5. The van der Waals surface area contributed by atoms with Gasteiger partial charge in [-0.3, -0.25) is 4.79 Å². The van der Waals surface area contributed by atoms with E-state index < -0.39 is 42.4 Å². The fourth-order valence-corrected chi connectivity index (χ4v) is 1.55. The van der Waals surface area contributed by atoms with Crippen LogP contribution in [0.5, 0.6) is 5.75 Å². The lowest BCUT2D eigenvalue weighted by molar-refractivity contribution is -0.150. The van der Waals surface area contributed by atoms with Crippen LogP contribution >= 0.6 is 0 Å². The predicted molar refractivity (Wildman–Crippen MR) is 75.8 cm³/mol. The highest BCUT2D eigenvalue weighted by atomic mass is 19.4. The molecule has 128 valence electrons. The van der Waals surface area contributed by atoms with Crippen molar-refractivity contribution in [2.75, 3.05) is 13.2 Å². The Bertz CT molecular complexity index is 565. The van der Waals surface area contributed by atoms with Crippen molar-refractivity contribution in [3.05, 3.63) is 29.8 Å². The number of carbonyl (C=O) groups is 2. The zero-order valence-corrected chi connectivity index (χ0v) is 13.0. The molecule has 0 atom stereocenters. The Morgan fingerprint density at radius 3 is 2.35 bits per heavy atom. The lowest BCUT2D eigenvalue weighted by Crippen LogP contribution is -2.43. The molecule has 0 bridgehead atoms. The second-order valence-electron chi connectivity index (χ2n) is 5.77. The first-order valence-electron chi connectivity index (χ1n) is 6.74.